The molecule has 1 atom stereocenters. The molecule has 0 saturated carbocycles. The number of benzene rings is 2. The molecular weight excluding hydrogens is 342 g/mol. The average molecular weight is 363 g/mol. The van der Waals surface area contributed by atoms with Gasteiger partial charge in [0.2, 0.25) is 0 Å². The summed E-state index contributed by atoms with van der Waals surface area (Å²) in [6.45, 7) is 4.43. The van der Waals surface area contributed by atoms with Gasteiger partial charge in [0.05, 0.1) is 36.8 Å². The van der Waals surface area contributed by atoms with Gasteiger partial charge in [-0.1, -0.05) is 18.2 Å². The van der Waals surface area contributed by atoms with Crippen LogP contribution in [0.25, 0.3) is 5.69 Å². The van der Waals surface area contributed by atoms with Crippen LogP contribution in [0.2, 0.25) is 0 Å². The summed E-state index contributed by atoms with van der Waals surface area (Å²) in [5, 5.41) is 4.39. The SMILES string of the molecule is COc1ccc2c(c1)N(C(=O)c1cnn(-c3ccccc3C)c1)C[C@@H](C)O2. The van der Waals surface area contributed by atoms with Crippen molar-refractivity contribution in [3.8, 4) is 17.2 Å². The fraction of sp³-hybridized carbons (Fsp3) is 0.238. The molecule has 0 radical (unpaired) electrons. The van der Waals surface area contributed by atoms with Gasteiger partial charge in [-0.2, -0.15) is 5.10 Å². The predicted molar refractivity (Wildman–Crippen MR) is 103 cm³/mol. The van der Waals surface area contributed by atoms with E-state index >= 15 is 0 Å². The number of fused-ring (bicyclic) bond motifs is 1. The molecule has 2 heterocycles. The van der Waals surface area contributed by atoms with Gasteiger partial charge < -0.3 is 14.4 Å². The van der Waals surface area contributed by atoms with Crippen LogP contribution in [0.5, 0.6) is 11.5 Å². The van der Waals surface area contributed by atoms with Gasteiger partial charge in [-0.15, -0.1) is 0 Å². The van der Waals surface area contributed by atoms with Gasteiger partial charge in [0.15, 0.2) is 0 Å². The van der Waals surface area contributed by atoms with Crippen molar-refractivity contribution in [1.29, 1.82) is 0 Å². The van der Waals surface area contributed by atoms with Crippen molar-refractivity contribution in [3.63, 3.8) is 0 Å². The number of rotatable bonds is 3. The molecule has 0 saturated heterocycles. The Labute approximate surface area is 157 Å². The third-order valence-corrected chi connectivity index (χ3v) is 4.66. The predicted octanol–water partition coefficient (Wildman–Crippen LogP) is 3.62. The standard InChI is InChI=1S/C21H21N3O3/c1-14-6-4-5-7-18(14)24-13-16(11-22-24)21(25)23-12-15(2)27-20-9-8-17(26-3)10-19(20)23/h4-11,13,15H,12H2,1-3H3/t15-/m1/s1. The number of methoxy groups -OCH3 is 1. The Bertz CT molecular complexity index is 996. The Morgan fingerprint density at radius 2 is 2.04 bits per heavy atom. The average Bonchev–Trinajstić information content (AvgIpc) is 3.16. The number of carbonyl (C=O) groups excluding carboxylic acids is 1. The Balaban J connectivity index is 1.69. The first-order valence-corrected chi connectivity index (χ1v) is 8.84. The maximum atomic E-state index is 13.2. The number of hydrogen-bond acceptors (Lipinski definition) is 4. The zero-order valence-corrected chi connectivity index (χ0v) is 15.5. The number of aryl methyl sites for hydroxylation is 1. The Morgan fingerprint density at radius 1 is 1.22 bits per heavy atom. The van der Waals surface area contributed by atoms with E-state index in [1.165, 1.54) is 0 Å². The van der Waals surface area contributed by atoms with E-state index in [-0.39, 0.29) is 12.0 Å². The maximum Gasteiger partial charge on any atom is 0.261 e. The summed E-state index contributed by atoms with van der Waals surface area (Å²) in [6, 6.07) is 13.4. The molecule has 6 heteroatoms. The molecule has 0 bridgehead atoms. The molecule has 0 fully saturated rings. The lowest BCUT2D eigenvalue weighted by molar-refractivity contribution is 0.0961. The van der Waals surface area contributed by atoms with Gasteiger partial charge in [-0.25, -0.2) is 4.68 Å². The topological polar surface area (TPSA) is 56.6 Å². The van der Waals surface area contributed by atoms with E-state index in [1.54, 1.807) is 29.1 Å². The molecule has 1 aliphatic rings. The third-order valence-electron chi connectivity index (χ3n) is 4.66. The van der Waals surface area contributed by atoms with Crippen molar-refractivity contribution in [2.75, 3.05) is 18.6 Å². The zero-order chi connectivity index (χ0) is 19.0. The highest BCUT2D eigenvalue weighted by molar-refractivity contribution is 6.07. The molecule has 138 valence electrons. The largest absolute Gasteiger partial charge is 0.497 e. The molecule has 1 amide bonds. The van der Waals surface area contributed by atoms with Crippen molar-refractivity contribution in [2.24, 2.45) is 0 Å². The minimum Gasteiger partial charge on any atom is -0.497 e. The lowest BCUT2D eigenvalue weighted by atomic mass is 10.1. The van der Waals surface area contributed by atoms with Crippen LogP contribution in [0.3, 0.4) is 0 Å². The van der Waals surface area contributed by atoms with Gasteiger partial charge in [0.1, 0.15) is 17.6 Å². The molecule has 2 aromatic carbocycles. The second-order valence-corrected chi connectivity index (χ2v) is 6.64. The van der Waals surface area contributed by atoms with Crippen LogP contribution in [-0.4, -0.2) is 35.4 Å². The minimum absolute atomic E-state index is 0.0961. The monoisotopic (exact) mass is 363 g/mol. The molecule has 1 aliphatic heterocycles. The van der Waals surface area contributed by atoms with Crippen molar-refractivity contribution < 1.29 is 14.3 Å². The number of amides is 1. The molecule has 27 heavy (non-hydrogen) atoms. The van der Waals surface area contributed by atoms with Crippen LogP contribution in [0.15, 0.2) is 54.9 Å². The van der Waals surface area contributed by atoms with E-state index in [1.807, 2.05) is 56.3 Å². The number of anilines is 1. The molecule has 0 aliphatic carbocycles. The summed E-state index contributed by atoms with van der Waals surface area (Å²) in [5.41, 5.74) is 3.28. The summed E-state index contributed by atoms with van der Waals surface area (Å²) >= 11 is 0. The van der Waals surface area contributed by atoms with E-state index in [9.17, 15) is 4.79 Å². The lowest BCUT2D eigenvalue weighted by Crippen LogP contribution is -2.42. The second-order valence-electron chi connectivity index (χ2n) is 6.64. The highest BCUT2D eigenvalue weighted by Crippen LogP contribution is 2.37. The number of nitrogens with zero attached hydrogens (tertiary/aromatic N) is 3. The normalized spacial score (nSPS) is 15.8. The summed E-state index contributed by atoms with van der Waals surface area (Å²) < 4.78 is 12.9. The van der Waals surface area contributed by atoms with E-state index in [0.717, 1.165) is 11.3 Å². The second kappa shape index (κ2) is 6.79. The summed E-state index contributed by atoms with van der Waals surface area (Å²) in [5.74, 6) is 1.24. The fourth-order valence-corrected chi connectivity index (χ4v) is 3.28. The first-order valence-electron chi connectivity index (χ1n) is 8.84. The molecule has 0 spiro atoms. The molecule has 3 aromatic rings. The van der Waals surface area contributed by atoms with Gasteiger partial charge in [0, 0.05) is 12.3 Å². The maximum absolute atomic E-state index is 13.2. The van der Waals surface area contributed by atoms with Gasteiger partial charge >= 0.3 is 0 Å². The van der Waals surface area contributed by atoms with E-state index in [2.05, 4.69) is 5.10 Å². The number of hydrogen-bond donors (Lipinski definition) is 0. The first kappa shape index (κ1) is 17.1. The number of aromatic nitrogens is 2. The lowest BCUT2D eigenvalue weighted by Gasteiger charge is -2.33. The first-order chi connectivity index (χ1) is 13.1. The Kier molecular flexibility index (Phi) is 4.32. The molecule has 1 aromatic heterocycles. The summed E-state index contributed by atoms with van der Waals surface area (Å²) in [7, 11) is 1.60. The highest BCUT2D eigenvalue weighted by Gasteiger charge is 2.29. The van der Waals surface area contributed by atoms with Crippen LogP contribution >= 0.6 is 0 Å². The number of carbonyl (C=O) groups is 1. The molecule has 6 nitrogen and oxygen atoms in total. The smallest absolute Gasteiger partial charge is 0.261 e. The van der Waals surface area contributed by atoms with Gasteiger partial charge in [-0.3, -0.25) is 4.79 Å². The molecule has 0 N–H and O–H groups in total. The highest BCUT2D eigenvalue weighted by atomic mass is 16.5. The molecular formula is C21H21N3O3. The van der Waals surface area contributed by atoms with Crippen LogP contribution in [0.4, 0.5) is 5.69 Å². The van der Waals surface area contributed by atoms with Crippen LogP contribution < -0.4 is 14.4 Å². The van der Waals surface area contributed by atoms with Crippen molar-refractivity contribution in [1.82, 2.24) is 9.78 Å². The quantitative estimate of drug-likeness (QED) is 0.713. The third kappa shape index (κ3) is 3.14. The van der Waals surface area contributed by atoms with Crippen LogP contribution in [0, 0.1) is 6.92 Å². The van der Waals surface area contributed by atoms with Crippen molar-refractivity contribution in [2.45, 2.75) is 20.0 Å². The van der Waals surface area contributed by atoms with E-state index in [0.29, 0.717) is 29.3 Å². The fourth-order valence-electron chi connectivity index (χ4n) is 3.28. The van der Waals surface area contributed by atoms with E-state index < -0.39 is 0 Å². The van der Waals surface area contributed by atoms with Gasteiger partial charge in [-0.05, 0) is 37.6 Å². The Morgan fingerprint density at radius 3 is 2.81 bits per heavy atom. The minimum atomic E-state index is -0.112. The summed E-state index contributed by atoms with van der Waals surface area (Å²) in [4.78, 5) is 14.9. The Hall–Kier alpha value is -3.28. The van der Waals surface area contributed by atoms with Crippen LogP contribution in [0.1, 0.15) is 22.8 Å². The number of ether oxygens (including phenoxy) is 2. The van der Waals surface area contributed by atoms with Crippen molar-refractivity contribution >= 4 is 11.6 Å². The molecule has 4 rings (SSSR count). The van der Waals surface area contributed by atoms with Gasteiger partial charge in [0.25, 0.3) is 5.91 Å². The summed E-state index contributed by atoms with van der Waals surface area (Å²) in [6.07, 6.45) is 3.28. The molecule has 0 unspecified atom stereocenters. The van der Waals surface area contributed by atoms with Crippen molar-refractivity contribution in [3.05, 3.63) is 66.0 Å². The number of para-hydroxylation sites is 1. The van der Waals surface area contributed by atoms with E-state index in [4.69, 9.17) is 9.47 Å². The van der Waals surface area contributed by atoms with Crippen LogP contribution in [-0.2, 0) is 0 Å². The zero-order valence-electron chi connectivity index (χ0n) is 15.5.